The van der Waals surface area contributed by atoms with E-state index in [0.29, 0.717) is 11.8 Å². The molecule has 0 aliphatic rings. The van der Waals surface area contributed by atoms with Gasteiger partial charge in [0.15, 0.2) is 6.10 Å². The van der Waals surface area contributed by atoms with Crippen LogP contribution in [0.1, 0.15) is 33.2 Å². The van der Waals surface area contributed by atoms with Gasteiger partial charge in [-0.1, -0.05) is 6.07 Å². The maximum Gasteiger partial charge on any atom is 0.416 e. The fraction of sp³-hybridized carbons (Fsp3) is 0.167. The summed E-state index contributed by atoms with van der Waals surface area (Å²) in [4.78, 5) is 35.0. The van der Waals surface area contributed by atoms with Crippen molar-refractivity contribution in [3.8, 4) is 0 Å². The normalized spacial score (nSPS) is 12.1. The first kappa shape index (κ1) is 20.0. The molecule has 0 saturated heterocycles. The fourth-order valence-corrected chi connectivity index (χ4v) is 2.07. The largest absolute Gasteiger partial charge is 0.449 e. The van der Waals surface area contributed by atoms with Gasteiger partial charge in [-0.2, -0.15) is 13.2 Å². The van der Waals surface area contributed by atoms with Gasteiger partial charge in [0.25, 0.3) is 5.91 Å². The number of ether oxygens (including phenoxy) is 1. The Morgan fingerprint density at radius 1 is 1.04 bits per heavy atom. The van der Waals surface area contributed by atoms with Crippen LogP contribution in [0.4, 0.5) is 18.9 Å². The van der Waals surface area contributed by atoms with Gasteiger partial charge in [0, 0.05) is 11.3 Å². The highest BCUT2D eigenvalue weighted by molar-refractivity contribution is 5.98. The molecule has 0 aliphatic carbocycles. The van der Waals surface area contributed by atoms with Crippen molar-refractivity contribution in [2.45, 2.75) is 19.2 Å². The molecule has 0 spiro atoms. The Balaban J connectivity index is 2.01. The van der Waals surface area contributed by atoms with E-state index in [9.17, 15) is 27.6 Å². The third-order valence-corrected chi connectivity index (χ3v) is 3.52. The topological polar surface area (TPSA) is 98.5 Å². The number of nitrogens with one attached hydrogen (secondary N) is 1. The number of esters is 1. The first-order valence-corrected chi connectivity index (χ1v) is 7.67. The number of carbonyl (C=O) groups excluding carboxylic acids is 3. The van der Waals surface area contributed by atoms with E-state index in [4.69, 9.17) is 10.5 Å². The van der Waals surface area contributed by atoms with Crippen LogP contribution in [0.2, 0.25) is 0 Å². The molecule has 142 valence electrons. The molecule has 0 radical (unpaired) electrons. The van der Waals surface area contributed by atoms with E-state index in [1.807, 2.05) is 0 Å². The smallest absolute Gasteiger partial charge is 0.416 e. The van der Waals surface area contributed by atoms with Crippen molar-refractivity contribution < 1.29 is 32.3 Å². The zero-order valence-electron chi connectivity index (χ0n) is 14.0. The average Bonchev–Trinajstić information content (AvgIpc) is 2.61. The Kier molecular flexibility index (Phi) is 5.84. The third-order valence-electron chi connectivity index (χ3n) is 3.52. The van der Waals surface area contributed by atoms with Gasteiger partial charge in [-0.3, -0.25) is 9.59 Å². The molecule has 0 saturated carbocycles. The molecule has 0 aromatic heterocycles. The summed E-state index contributed by atoms with van der Waals surface area (Å²) in [6, 6.07) is 9.36. The highest BCUT2D eigenvalue weighted by atomic mass is 19.4. The van der Waals surface area contributed by atoms with E-state index < -0.39 is 35.6 Å². The molecular formula is C18H15F3N2O4. The Morgan fingerprint density at radius 2 is 1.67 bits per heavy atom. The molecule has 27 heavy (non-hydrogen) atoms. The molecule has 3 N–H and O–H groups in total. The van der Waals surface area contributed by atoms with Crippen LogP contribution < -0.4 is 11.1 Å². The van der Waals surface area contributed by atoms with Gasteiger partial charge in [-0.05, 0) is 49.4 Å². The Morgan fingerprint density at radius 3 is 2.22 bits per heavy atom. The van der Waals surface area contributed by atoms with Crippen LogP contribution in [0.3, 0.4) is 0 Å². The number of primary amides is 1. The molecule has 2 rings (SSSR count). The van der Waals surface area contributed by atoms with Gasteiger partial charge in [-0.25, -0.2) is 4.79 Å². The number of benzene rings is 2. The molecule has 6 nitrogen and oxygen atoms in total. The minimum absolute atomic E-state index is 0.247. The van der Waals surface area contributed by atoms with Crippen LogP contribution in [0.5, 0.6) is 0 Å². The predicted octanol–water partition coefficient (Wildman–Crippen LogP) is 2.99. The lowest BCUT2D eigenvalue weighted by atomic mass is 10.1. The summed E-state index contributed by atoms with van der Waals surface area (Å²) in [5, 5.41) is 2.45. The summed E-state index contributed by atoms with van der Waals surface area (Å²) < 4.78 is 43.0. The van der Waals surface area contributed by atoms with Gasteiger partial charge >= 0.3 is 12.1 Å². The lowest BCUT2D eigenvalue weighted by molar-refractivity contribution is -0.137. The minimum atomic E-state index is -4.60. The molecule has 1 unspecified atom stereocenters. The second-order valence-electron chi connectivity index (χ2n) is 5.56. The van der Waals surface area contributed by atoms with Gasteiger partial charge in [0.1, 0.15) is 0 Å². The third kappa shape index (κ3) is 5.30. The Bertz CT molecular complexity index is 864. The Labute approximate surface area is 152 Å². The second kappa shape index (κ2) is 7.90. The van der Waals surface area contributed by atoms with Crippen LogP contribution in [0.25, 0.3) is 0 Å². The van der Waals surface area contributed by atoms with Crippen molar-refractivity contribution >= 4 is 23.5 Å². The van der Waals surface area contributed by atoms with Gasteiger partial charge in [0.2, 0.25) is 5.91 Å². The summed E-state index contributed by atoms with van der Waals surface area (Å²) in [7, 11) is 0. The molecule has 9 heteroatoms. The number of nitrogens with two attached hydrogens (primary N) is 1. The molecule has 0 aliphatic heterocycles. The van der Waals surface area contributed by atoms with Crippen LogP contribution >= 0.6 is 0 Å². The van der Waals surface area contributed by atoms with Crippen molar-refractivity contribution in [3.63, 3.8) is 0 Å². The van der Waals surface area contributed by atoms with Crippen molar-refractivity contribution in [2.24, 2.45) is 5.73 Å². The monoisotopic (exact) mass is 380 g/mol. The van der Waals surface area contributed by atoms with Crippen LogP contribution in [0.15, 0.2) is 48.5 Å². The number of rotatable bonds is 5. The molecule has 1 atom stereocenters. The second-order valence-corrected chi connectivity index (χ2v) is 5.56. The zero-order valence-corrected chi connectivity index (χ0v) is 14.0. The van der Waals surface area contributed by atoms with E-state index in [-0.39, 0.29) is 11.1 Å². The minimum Gasteiger partial charge on any atom is -0.449 e. The molecular weight excluding hydrogens is 365 g/mol. The van der Waals surface area contributed by atoms with Crippen LogP contribution in [0, 0.1) is 0 Å². The first-order valence-electron chi connectivity index (χ1n) is 7.67. The number of hydrogen-bond acceptors (Lipinski definition) is 4. The van der Waals surface area contributed by atoms with Crippen molar-refractivity contribution in [1.82, 2.24) is 0 Å². The molecule has 0 heterocycles. The van der Waals surface area contributed by atoms with Crippen molar-refractivity contribution in [2.75, 3.05) is 5.32 Å². The number of carbonyl (C=O) groups is 3. The average molecular weight is 380 g/mol. The fourth-order valence-electron chi connectivity index (χ4n) is 2.07. The highest BCUT2D eigenvalue weighted by Crippen LogP contribution is 2.29. The van der Waals surface area contributed by atoms with E-state index >= 15 is 0 Å². The van der Waals surface area contributed by atoms with Crippen LogP contribution in [-0.4, -0.2) is 23.9 Å². The van der Waals surface area contributed by atoms with Gasteiger partial charge in [0.05, 0.1) is 11.1 Å². The van der Waals surface area contributed by atoms with E-state index in [2.05, 4.69) is 5.32 Å². The van der Waals surface area contributed by atoms with E-state index in [1.165, 1.54) is 31.2 Å². The summed E-state index contributed by atoms with van der Waals surface area (Å²) in [6.07, 6.45) is -5.86. The highest BCUT2D eigenvalue weighted by Gasteiger charge is 2.31. The maximum absolute atomic E-state index is 12.7. The standard InChI is InChI=1S/C18H15F3N2O4/c1-10(16(25)23-14-7-5-11(6-8-14)15(22)24)27-17(26)12-3-2-4-13(9-12)18(19,20)21/h2-10H,1H3,(H2,22,24)(H,23,25). The van der Waals surface area contributed by atoms with Crippen LogP contribution in [-0.2, 0) is 15.7 Å². The van der Waals surface area contributed by atoms with E-state index in [0.717, 1.165) is 18.2 Å². The molecule has 0 fully saturated rings. The Hall–Kier alpha value is -3.36. The van der Waals surface area contributed by atoms with E-state index in [1.54, 1.807) is 0 Å². The van der Waals surface area contributed by atoms with Gasteiger partial charge in [-0.15, -0.1) is 0 Å². The molecule has 2 amide bonds. The summed E-state index contributed by atoms with van der Waals surface area (Å²) in [5.41, 5.74) is 4.36. The van der Waals surface area contributed by atoms with Crippen molar-refractivity contribution in [3.05, 3.63) is 65.2 Å². The summed E-state index contributed by atoms with van der Waals surface area (Å²) in [5.74, 6) is -2.38. The maximum atomic E-state index is 12.7. The quantitative estimate of drug-likeness (QED) is 0.779. The first-order chi connectivity index (χ1) is 12.6. The van der Waals surface area contributed by atoms with Gasteiger partial charge < -0.3 is 15.8 Å². The number of anilines is 1. The lowest BCUT2D eigenvalue weighted by Gasteiger charge is -2.14. The van der Waals surface area contributed by atoms with Crippen molar-refractivity contribution in [1.29, 1.82) is 0 Å². The zero-order chi connectivity index (χ0) is 20.2. The number of hydrogen-bond donors (Lipinski definition) is 2. The number of halogens is 3. The molecule has 2 aromatic rings. The SMILES string of the molecule is CC(OC(=O)c1cccc(C(F)(F)F)c1)C(=O)Nc1ccc(C(N)=O)cc1. The number of alkyl halides is 3. The lowest BCUT2D eigenvalue weighted by Crippen LogP contribution is -2.30. The summed E-state index contributed by atoms with van der Waals surface area (Å²) >= 11 is 0. The molecule has 0 bridgehead atoms. The molecule has 2 aromatic carbocycles. The number of amides is 2. The predicted molar refractivity (Wildman–Crippen MR) is 89.9 cm³/mol. The summed E-state index contributed by atoms with van der Waals surface area (Å²) in [6.45, 7) is 1.28.